The molecule has 1 aromatic heterocycles. The van der Waals surface area contributed by atoms with E-state index < -0.39 is 0 Å². The van der Waals surface area contributed by atoms with Gasteiger partial charge in [-0.1, -0.05) is 12.1 Å². The second-order valence-corrected chi connectivity index (χ2v) is 3.98. The van der Waals surface area contributed by atoms with E-state index in [0.29, 0.717) is 5.88 Å². The smallest absolute Gasteiger partial charge is 0.128 e. The van der Waals surface area contributed by atoms with Gasteiger partial charge in [0.15, 0.2) is 0 Å². The summed E-state index contributed by atoms with van der Waals surface area (Å²) in [6, 6.07) is 11.4. The predicted molar refractivity (Wildman–Crippen MR) is 72.3 cm³/mol. The van der Waals surface area contributed by atoms with Gasteiger partial charge in [0, 0.05) is 17.7 Å². The number of hydrogen-bond donors (Lipinski definition) is 0. The van der Waals surface area contributed by atoms with Crippen LogP contribution in [0.15, 0.2) is 36.4 Å². The van der Waals surface area contributed by atoms with Gasteiger partial charge in [0.25, 0.3) is 0 Å². The highest BCUT2D eigenvalue weighted by Crippen LogP contribution is 2.30. The average Bonchev–Trinajstić information content (AvgIpc) is 2.46. The number of methoxy groups -OCH3 is 2. The lowest BCUT2D eigenvalue weighted by Crippen LogP contribution is -1.95. The SMILES string of the molecule is COc1cc(CCl)nc(-c2ccccc2OC)c1. The lowest BCUT2D eigenvalue weighted by molar-refractivity contribution is 0.412. The molecule has 0 amide bonds. The number of aromatic nitrogens is 1. The van der Waals surface area contributed by atoms with Gasteiger partial charge in [-0.15, -0.1) is 11.6 Å². The molecule has 0 bridgehead atoms. The molecule has 0 saturated carbocycles. The van der Waals surface area contributed by atoms with Crippen LogP contribution in [0.3, 0.4) is 0 Å². The summed E-state index contributed by atoms with van der Waals surface area (Å²) in [5.41, 5.74) is 2.49. The highest BCUT2D eigenvalue weighted by molar-refractivity contribution is 6.16. The fourth-order valence-electron chi connectivity index (χ4n) is 1.74. The summed E-state index contributed by atoms with van der Waals surface area (Å²) in [5.74, 6) is 1.86. The molecular weight excluding hydrogens is 250 g/mol. The minimum absolute atomic E-state index is 0.347. The van der Waals surface area contributed by atoms with Crippen molar-refractivity contribution in [2.75, 3.05) is 14.2 Å². The minimum Gasteiger partial charge on any atom is -0.497 e. The molecule has 0 aliphatic heterocycles. The maximum Gasteiger partial charge on any atom is 0.128 e. The number of ether oxygens (including phenoxy) is 2. The number of halogens is 1. The maximum atomic E-state index is 5.84. The Kier molecular flexibility index (Phi) is 4.05. The Balaban J connectivity index is 2.55. The predicted octanol–water partition coefficient (Wildman–Crippen LogP) is 3.50. The van der Waals surface area contributed by atoms with E-state index in [2.05, 4.69) is 4.98 Å². The van der Waals surface area contributed by atoms with Crippen molar-refractivity contribution < 1.29 is 9.47 Å². The van der Waals surface area contributed by atoms with Gasteiger partial charge < -0.3 is 9.47 Å². The van der Waals surface area contributed by atoms with Crippen molar-refractivity contribution >= 4 is 11.6 Å². The second-order valence-electron chi connectivity index (χ2n) is 3.72. The number of alkyl halides is 1. The molecule has 0 saturated heterocycles. The van der Waals surface area contributed by atoms with Crippen molar-refractivity contribution in [2.45, 2.75) is 5.88 Å². The van der Waals surface area contributed by atoms with E-state index in [1.54, 1.807) is 14.2 Å². The third-order valence-corrected chi connectivity index (χ3v) is 2.88. The number of rotatable bonds is 4. The van der Waals surface area contributed by atoms with Gasteiger partial charge in [0.05, 0.1) is 31.5 Å². The summed E-state index contributed by atoms with van der Waals surface area (Å²) >= 11 is 5.84. The minimum atomic E-state index is 0.347. The Morgan fingerprint density at radius 3 is 2.56 bits per heavy atom. The molecule has 18 heavy (non-hydrogen) atoms. The Labute approximate surface area is 111 Å². The largest absolute Gasteiger partial charge is 0.497 e. The van der Waals surface area contributed by atoms with Crippen molar-refractivity contribution in [3.05, 3.63) is 42.1 Å². The van der Waals surface area contributed by atoms with E-state index in [1.165, 1.54) is 0 Å². The van der Waals surface area contributed by atoms with E-state index in [0.717, 1.165) is 28.5 Å². The van der Waals surface area contributed by atoms with E-state index in [1.807, 2.05) is 36.4 Å². The van der Waals surface area contributed by atoms with Crippen molar-refractivity contribution in [3.8, 4) is 22.8 Å². The molecule has 2 aromatic rings. The lowest BCUT2D eigenvalue weighted by atomic mass is 10.1. The number of pyridine rings is 1. The van der Waals surface area contributed by atoms with Crippen LogP contribution in [0.25, 0.3) is 11.3 Å². The van der Waals surface area contributed by atoms with Gasteiger partial charge in [-0.05, 0) is 12.1 Å². The van der Waals surface area contributed by atoms with Crippen LogP contribution in [0, 0.1) is 0 Å². The fourth-order valence-corrected chi connectivity index (χ4v) is 1.88. The third-order valence-electron chi connectivity index (χ3n) is 2.61. The Bertz CT molecular complexity index is 521. The van der Waals surface area contributed by atoms with Gasteiger partial charge in [0.2, 0.25) is 0 Å². The normalized spacial score (nSPS) is 10.2. The molecule has 0 radical (unpaired) electrons. The summed E-state index contributed by atoms with van der Waals surface area (Å²) in [5, 5.41) is 0. The summed E-state index contributed by atoms with van der Waals surface area (Å²) in [6.45, 7) is 0. The van der Waals surface area contributed by atoms with E-state index in [9.17, 15) is 0 Å². The van der Waals surface area contributed by atoms with Gasteiger partial charge in [-0.25, -0.2) is 0 Å². The van der Waals surface area contributed by atoms with Crippen molar-refractivity contribution in [2.24, 2.45) is 0 Å². The molecular formula is C14H14ClNO2. The molecule has 1 aromatic carbocycles. The van der Waals surface area contributed by atoms with Gasteiger partial charge in [-0.2, -0.15) is 0 Å². The van der Waals surface area contributed by atoms with Crippen LogP contribution in [0.1, 0.15) is 5.69 Å². The first kappa shape index (κ1) is 12.7. The monoisotopic (exact) mass is 263 g/mol. The fraction of sp³-hybridized carbons (Fsp3) is 0.214. The molecule has 0 fully saturated rings. The zero-order valence-electron chi connectivity index (χ0n) is 10.3. The molecule has 2 rings (SSSR count). The number of nitrogens with zero attached hydrogens (tertiary/aromatic N) is 1. The van der Waals surface area contributed by atoms with E-state index >= 15 is 0 Å². The van der Waals surface area contributed by atoms with Crippen LogP contribution in [-0.2, 0) is 5.88 Å². The molecule has 0 atom stereocenters. The maximum absolute atomic E-state index is 5.84. The van der Waals surface area contributed by atoms with Crippen LogP contribution in [0.5, 0.6) is 11.5 Å². The molecule has 3 nitrogen and oxygen atoms in total. The summed E-state index contributed by atoms with van der Waals surface area (Å²) < 4.78 is 10.6. The Hall–Kier alpha value is -1.74. The highest BCUT2D eigenvalue weighted by atomic mass is 35.5. The van der Waals surface area contributed by atoms with E-state index in [4.69, 9.17) is 21.1 Å². The molecule has 0 spiro atoms. The van der Waals surface area contributed by atoms with Crippen LogP contribution in [0.4, 0.5) is 0 Å². The van der Waals surface area contributed by atoms with Gasteiger partial charge in [0.1, 0.15) is 11.5 Å². The molecule has 0 unspecified atom stereocenters. The topological polar surface area (TPSA) is 31.4 Å². The number of benzene rings is 1. The van der Waals surface area contributed by atoms with Gasteiger partial charge >= 0.3 is 0 Å². The van der Waals surface area contributed by atoms with Crippen molar-refractivity contribution in [1.29, 1.82) is 0 Å². The van der Waals surface area contributed by atoms with Crippen molar-refractivity contribution in [1.82, 2.24) is 4.98 Å². The lowest BCUT2D eigenvalue weighted by Gasteiger charge is -2.10. The van der Waals surface area contributed by atoms with Crippen LogP contribution < -0.4 is 9.47 Å². The van der Waals surface area contributed by atoms with Crippen LogP contribution >= 0.6 is 11.6 Å². The van der Waals surface area contributed by atoms with Gasteiger partial charge in [-0.3, -0.25) is 4.98 Å². The van der Waals surface area contributed by atoms with Crippen molar-refractivity contribution in [3.63, 3.8) is 0 Å². The van der Waals surface area contributed by atoms with Crippen LogP contribution in [0.2, 0.25) is 0 Å². The van der Waals surface area contributed by atoms with E-state index in [-0.39, 0.29) is 0 Å². The first-order valence-corrected chi connectivity index (χ1v) is 6.06. The summed E-state index contributed by atoms with van der Waals surface area (Å²) in [7, 11) is 3.26. The second kappa shape index (κ2) is 5.74. The molecule has 1 heterocycles. The molecule has 0 aliphatic carbocycles. The first-order chi connectivity index (χ1) is 8.78. The third kappa shape index (κ3) is 2.57. The Morgan fingerprint density at radius 2 is 1.89 bits per heavy atom. The summed E-state index contributed by atoms with van der Waals surface area (Å²) in [4.78, 5) is 4.49. The molecule has 0 aliphatic rings. The average molecular weight is 264 g/mol. The molecule has 94 valence electrons. The number of hydrogen-bond acceptors (Lipinski definition) is 3. The molecule has 4 heteroatoms. The number of para-hydroxylation sites is 1. The highest BCUT2D eigenvalue weighted by Gasteiger charge is 2.09. The quantitative estimate of drug-likeness (QED) is 0.791. The molecule has 0 N–H and O–H groups in total. The standard InChI is InChI=1S/C14H14ClNO2/c1-17-11-7-10(9-15)16-13(8-11)12-5-3-4-6-14(12)18-2/h3-8H,9H2,1-2H3. The Morgan fingerprint density at radius 1 is 1.11 bits per heavy atom. The zero-order valence-corrected chi connectivity index (χ0v) is 11.1. The first-order valence-electron chi connectivity index (χ1n) is 5.52. The zero-order chi connectivity index (χ0) is 13.0. The summed E-state index contributed by atoms with van der Waals surface area (Å²) in [6.07, 6.45) is 0. The van der Waals surface area contributed by atoms with Crippen LogP contribution in [-0.4, -0.2) is 19.2 Å².